The van der Waals surface area contributed by atoms with Gasteiger partial charge in [-0.25, -0.2) is 13.2 Å². The second kappa shape index (κ2) is 11.7. The van der Waals surface area contributed by atoms with Gasteiger partial charge in [-0.2, -0.15) is 22.0 Å². The number of rotatable bonds is 9. The van der Waals surface area contributed by atoms with Crippen LogP contribution in [0.2, 0.25) is 0 Å². The summed E-state index contributed by atoms with van der Waals surface area (Å²) >= 11 is 0. The molecule has 0 saturated heterocycles. The number of alkyl halides is 6. The van der Waals surface area contributed by atoms with Crippen molar-refractivity contribution in [1.82, 2.24) is 0 Å². The lowest BCUT2D eigenvalue weighted by atomic mass is 9.74. The number of benzene rings is 1. The zero-order chi connectivity index (χ0) is 25.8. The fourth-order valence-electron chi connectivity index (χ4n) is 5.76. The summed E-state index contributed by atoms with van der Waals surface area (Å²) in [6.45, 7) is 2.23. The quantitative estimate of drug-likeness (QED) is 0.298. The molecule has 0 N–H and O–H groups in total. The summed E-state index contributed by atoms with van der Waals surface area (Å²) in [5, 5.41) is 0. The topological polar surface area (TPSA) is 9.23 Å². The van der Waals surface area contributed by atoms with Gasteiger partial charge < -0.3 is 4.74 Å². The lowest BCUT2D eigenvalue weighted by Gasteiger charge is -2.32. The maximum absolute atomic E-state index is 14.3. The molecule has 2 aliphatic carbocycles. The molecule has 0 heterocycles. The van der Waals surface area contributed by atoms with Crippen LogP contribution in [0.15, 0.2) is 12.1 Å². The van der Waals surface area contributed by atoms with Gasteiger partial charge in [-0.1, -0.05) is 58.3 Å². The minimum absolute atomic E-state index is 0.182. The Hall–Kier alpha value is -1.54. The van der Waals surface area contributed by atoms with Crippen LogP contribution < -0.4 is 4.74 Å². The highest BCUT2D eigenvalue weighted by atomic mass is 19.4. The number of hydrogen-bond donors (Lipinski definition) is 0. The number of hydrogen-bond acceptors (Lipinski definition) is 1. The van der Waals surface area contributed by atoms with Gasteiger partial charge in [0.2, 0.25) is 0 Å². The van der Waals surface area contributed by atoms with E-state index in [1.54, 1.807) is 0 Å². The first kappa shape index (κ1) is 28.0. The maximum Gasteiger partial charge on any atom is 0.439 e. The summed E-state index contributed by atoms with van der Waals surface area (Å²) < 4.78 is 109. The van der Waals surface area contributed by atoms with Crippen molar-refractivity contribution >= 4 is 0 Å². The zero-order valence-corrected chi connectivity index (χ0v) is 20.0. The molecule has 1 nitrogen and oxygen atoms in total. The molecular weight excluding hydrogens is 480 g/mol. The van der Waals surface area contributed by atoms with Crippen molar-refractivity contribution in [2.75, 3.05) is 0 Å². The smallest absolute Gasteiger partial charge is 0.424 e. The highest BCUT2D eigenvalue weighted by Gasteiger charge is 2.59. The molecule has 9 heteroatoms. The van der Waals surface area contributed by atoms with E-state index in [1.807, 2.05) is 0 Å². The molecule has 2 aliphatic rings. The van der Waals surface area contributed by atoms with E-state index in [2.05, 4.69) is 11.7 Å². The Bertz CT molecular complexity index is 785. The molecule has 2 saturated carbocycles. The van der Waals surface area contributed by atoms with Crippen LogP contribution in [-0.2, 0) is 0 Å². The van der Waals surface area contributed by atoms with Crippen LogP contribution >= 0.6 is 0 Å². The summed E-state index contributed by atoms with van der Waals surface area (Å²) in [6.07, 6.45) is -2.86. The third kappa shape index (κ3) is 7.48. The van der Waals surface area contributed by atoms with E-state index in [1.165, 1.54) is 44.9 Å². The summed E-state index contributed by atoms with van der Waals surface area (Å²) in [7, 11) is 0. The van der Waals surface area contributed by atoms with Gasteiger partial charge in [0, 0.05) is 0 Å². The Labute approximate surface area is 201 Å². The Morgan fingerprint density at radius 2 is 1.20 bits per heavy atom. The third-order valence-corrected chi connectivity index (χ3v) is 7.81. The van der Waals surface area contributed by atoms with Gasteiger partial charge >= 0.3 is 12.3 Å². The molecule has 1 unspecified atom stereocenters. The first-order chi connectivity index (χ1) is 16.4. The fraction of sp³-hybridized carbons (Fsp3) is 0.769. The molecule has 1 atom stereocenters. The van der Waals surface area contributed by atoms with Crippen molar-refractivity contribution in [3.63, 3.8) is 0 Å². The Morgan fingerprint density at radius 1 is 0.771 bits per heavy atom. The minimum Gasteiger partial charge on any atom is -0.424 e. The summed E-state index contributed by atoms with van der Waals surface area (Å²) in [5.41, 5.74) is 0.246. The van der Waals surface area contributed by atoms with Gasteiger partial charge in [0.15, 0.2) is 17.4 Å². The molecule has 0 radical (unpaired) electrons. The largest absolute Gasteiger partial charge is 0.439 e. The van der Waals surface area contributed by atoms with E-state index in [0.29, 0.717) is 18.8 Å². The van der Waals surface area contributed by atoms with Crippen molar-refractivity contribution < 1.29 is 39.9 Å². The average Bonchev–Trinajstić information content (AvgIpc) is 2.80. The Kier molecular flexibility index (Phi) is 9.35. The van der Waals surface area contributed by atoms with Crippen molar-refractivity contribution in [3.05, 3.63) is 29.3 Å². The van der Waals surface area contributed by atoms with Crippen LogP contribution in [0.5, 0.6) is 5.75 Å². The molecular formula is C26H34F8O. The predicted octanol–water partition coefficient (Wildman–Crippen LogP) is 9.50. The number of halogens is 8. The Morgan fingerprint density at radius 3 is 1.63 bits per heavy atom. The first-order valence-electron chi connectivity index (χ1n) is 12.7. The van der Waals surface area contributed by atoms with Crippen LogP contribution in [0.1, 0.15) is 95.5 Å². The average molecular weight is 515 g/mol. The maximum atomic E-state index is 14.3. The SMILES string of the molecule is CCCC1CCC(CCC2CCC(c3cc(F)c(OC(F)(F)C(F)C(F)(F)F)c(F)c3)CC2)CC1. The molecule has 35 heavy (non-hydrogen) atoms. The van der Waals surface area contributed by atoms with Gasteiger partial charge in [0.25, 0.3) is 6.17 Å². The monoisotopic (exact) mass is 514 g/mol. The van der Waals surface area contributed by atoms with Crippen LogP contribution in [0, 0.1) is 29.4 Å². The van der Waals surface area contributed by atoms with E-state index in [0.717, 1.165) is 43.2 Å². The number of ether oxygens (including phenoxy) is 1. The van der Waals surface area contributed by atoms with Gasteiger partial charge in [0.05, 0.1) is 0 Å². The molecule has 0 aromatic heterocycles. The van der Waals surface area contributed by atoms with E-state index in [4.69, 9.17) is 0 Å². The van der Waals surface area contributed by atoms with E-state index < -0.39 is 35.8 Å². The second-order valence-electron chi connectivity index (χ2n) is 10.4. The standard InChI is InChI=1S/C26H34F8O/c1-2-3-16-4-6-17(7-5-16)8-9-18-10-12-19(13-11-18)20-14-21(27)23(22(28)15-20)35-26(33,34)24(29)25(30,31)32/h14-19,24H,2-13H2,1H3. The van der Waals surface area contributed by atoms with Crippen LogP contribution in [0.3, 0.4) is 0 Å². The summed E-state index contributed by atoms with van der Waals surface area (Å²) in [5.74, 6) is -2.86. The molecule has 200 valence electrons. The fourth-order valence-corrected chi connectivity index (χ4v) is 5.76. The van der Waals surface area contributed by atoms with Gasteiger partial charge in [-0.3, -0.25) is 0 Å². The van der Waals surface area contributed by atoms with Gasteiger partial charge in [-0.15, -0.1) is 0 Å². The highest BCUT2D eigenvalue weighted by Crippen LogP contribution is 2.43. The van der Waals surface area contributed by atoms with Crippen molar-refractivity contribution in [2.24, 2.45) is 17.8 Å². The van der Waals surface area contributed by atoms with Gasteiger partial charge in [-0.05, 0) is 67.1 Å². The van der Waals surface area contributed by atoms with Crippen molar-refractivity contribution in [2.45, 2.75) is 108 Å². The summed E-state index contributed by atoms with van der Waals surface area (Å²) in [6, 6.07) is 1.60. The van der Waals surface area contributed by atoms with Crippen LogP contribution in [-0.4, -0.2) is 18.5 Å². The Balaban J connectivity index is 1.51. The molecule has 3 rings (SSSR count). The molecule has 0 aliphatic heterocycles. The molecule has 0 amide bonds. The van der Waals surface area contributed by atoms with E-state index in [-0.39, 0.29) is 11.5 Å². The minimum atomic E-state index is -5.94. The highest BCUT2D eigenvalue weighted by molar-refractivity contribution is 5.33. The zero-order valence-electron chi connectivity index (χ0n) is 20.0. The summed E-state index contributed by atoms with van der Waals surface area (Å²) in [4.78, 5) is 0. The molecule has 2 fully saturated rings. The molecule has 0 bridgehead atoms. The van der Waals surface area contributed by atoms with E-state index >= 15 is 0 Å². The first-order valence-corrected chi connectivity index (χ1v) is 12.7. The molecule has 1 aromatic carbocycles. The van der Waals surface area contributed by atoms with Crippen molar-refractivity contribution in [3.8, 4) is 5.75 Å². The lowest BCUT2D eigenvalue weighted by Crippen LogP contribution is -2.46. The third-order valence-electron chi connectivity index (χ3n) is 7.81. The molecule has 1 aromatic rings. The van der Waals surface area contributed by atoms with Crippen LogP contribution in [0.4, 0.5) is 35.1 Å². The van der Waals surface area contributed by atoms with E-state index in [9.17, 15) is 35.1 Å². The van der Waals surface area contributed by atoms with Gasteiger partial charge in [0.1, 0.15) is 0 Å². The van der Waals surface area contributed by atoms with Crippen LogP contribution in [0.25, 0.3) is 0 Å². The lowest BCUT2D eigenvalue weighted by molar-refractivity contribution is -0.306. The predicted molar refractivity (Wildman–Crippen MR) is 117 cm³/mol. The molecule has 0 spiro atoms. The second-order valence-corrected chi connectivity index (χ2v) is 10.4. The normalized spacial score (nSPS) is 27.0. The van der Waals surface area contributed by atoms with Crippen molar-refractivity contribution in [1.29, 1.82) is 0 Å².